The lowest BCUT2D eigenvalue weighted by atomic mass is 9.80. The van der Waals surface area contributed by atoms with Gasteiger partial charge in [-0.2, -0.15) is 4.98 Å². The number of carbonyl (C=O) groups excluding carboxylic acids is 1. The molecule has 0 saturated carbocycles. The Morgan fingerprint density at radius 3 is 1.98 bits per heavy atom. The molecule has 2 heterocycles. The summed E-state index contributed by atoms with van der Waals surface area (Å²) in [5.74, 6) is 1.26. The average Bonchev–Trinajstić information content (AvgIpc) is 3.49. The highest BCUT2D eigenvalue weighted by Gasteiger charge is 2.42. The summed E-state index contributed by atoms with van der Waals surface area (Å²) < 4.78 is 25.3. The van der Waals surface area contributed by atoms with Gasteiger partial charge < -0.3 is 29.4 Å². The second-order valence-electron chi connectivity index (χ2n) is 11.5. The molecule has 1 aliphatic rings. The summed E-state index contributed by atoms with van der Waals surface area (Å²) in [7, 11) is 3.23. The van der Waals surface area contributed by atoms with Crippen molar-refractivity contribution in [1.82, 2.24) is 9.55 Å². The van der Waals surface area contributed by atoms with Gasteiger partial charge in [-0.25, -0.2) is 4.79 Å². The number of nitrogens with zero attached hydrogens (tertiary/aromatic N) is 2. The van der Waals surface area contributed by atoms with Gasteiger partial charge >= 0.3 is 5.69 Å². The molecule has 10 nitrogen and oxygen atoms in total. The molecule has 0 aliphatic carbocycles. The van der Waals surface area contributed by atoms with Gasteiger partial charge in [-0.15, -0.1) is 0 Å². The lowest BCUT2D eigenvalue weighted by Crippen LogP contribution is -2.38. The number of ether oxygens (including phenoxy) is 4. The molecule has 1 aliphatic heterocycles. The Labute approximate surface area is 278 Å². The zero-order valence-electron chi connectivity index (χ0n) is 26.7. The summed E-state index contributed by atoms with van der Waals surface area (Å²) in [6, 6.07) is 36.0. The van der Waals surface area contributed by atoms with Gasteiger partial charge in [0.15, 0.2) is 0 Å². The molecule has 5 aromatic rings. The SMILES string of the molecule is COc1ccc(C(OC[C@H]2O[C@@H](n3ccc(NC(=O)Cc4ccccc4)nc3=O)C[C@@H]2O)(c2ccccc2)c2ccc(OC)cc2)cc1. The van der Waals surface area contributed by atoms with Gasteiger partial charge in [-0.05, 0) is 52.6 Å². The highest BCUT2D eigenvalue weighted by atomic mass is 16.6. The number of methoxy groups -OCH3 is 2. The lowest BCUT2D eigenvalue weighted by Gasteiger charge is -2.37. The summed E-state index contributed by atoms with van der Waals surface area (Å²) in [6.45, 7) is 0.000422. The van der Waals surface area contributed by atoms with Crippen molar-refractivity contribution in [3.05, 3.63) is 154 Å². The largest absolute Gasteiger partial charge is 0.497 e. The third-order valence-corrected chi connectivity index (χ3v) is 8.46. The van der Waals surface area contributed by atoms with Crippen LogP contribution in [0.1, 0.15) is 34.9 Å². The van der Waals surface area contributed by atoms with Crippen molar-refractivity contribution in [1.29, 1.82) is 0 Å². The molecule has 1 saturated heterocycles. The molecular weight excluding hydrogens is 610 g/mol. The molecule has 246 valence electrons. The van der Waals surface area contributed by atoms with Crippen LogP contribution in [0.25, 0.3) is 0 Å². The predicted octanol–water partition coefficient (Wildman–Crippen LogP) is 5.10. The Morgan fingerprint density at radius 1 is 0.854 bits per heavy atom. The molecule has 1 fully saturated rings. The molecule has 48 heavy (non-hydrogen) atoms. The molecule has 10 heteroatoms. The molecule has 0 radical (unpaired) electrons. The minimum atomic E-state index is -1.10. The fraction of sp³-hybridized carbons (Fsp3) is 0.237. The maximum Gasteiger partial charge on any atom is 0.351 e. The maximum atomic E-state index is 13.0. The molecule has 0 unspecified atom stereocenters. The van der Waals surface area contributed by atoms with Gasteiger partial charge in [0.05, 0.1) is 33.4 Å². The molecule has 4 aromatic carbocycles. The van der Waals surface area contributed by atoms with E-state index in [0.717, 1.165) is 22.3 Å². The van der Waals surface area contributed by atoms with Crippen molar-refractivity contribution in [2.45, 2.75) is 36.9 Å². The molecule has 1 aromatic heterocycles. The fourth-order valence-corrected chi connectivity index (χ4v) is 5.99. The van der Waals surface area contributed by atoms with Crippen LogP contribution in [0.4, 0.5) is 5.82 Å². The lowest BCUT2D eigenvalue weighted by molar-refractivity contribution is -0.115. The Morgan fingerprint density at radius 2 is 1.42 bits per heavy atom. The first kappa shape index (κ1) is 32.6. The van der Waals surface area contributed by atoms with Gasteiger partial charge in [0.1, 0.15) is 35.2 Å². The second kappa shape index (κ2) is 14.6. The van der Waals surface area contributed by atoms with Gasteiger partial charge in [0.25, 0.3) is 0 Å². The van der Waals surface area contributed by atoms with E-state index in [9.17, 15) is 14.7 Å². The topological polar surface area (TPSA) is 121 Å². The van der Waals surface area contributed by atoms with Crippen molar-refractivity contribution in [2.75, 3.05) is 26.1 Å². The standard InChI is InChI=1S/C38H37N3O7/c1-45-30-17-13-28(14-18-30)38(27-11-7-4-8-12-27,29-15-19-31(46-2)20-16-29)47-25-33-32(42)24-36(48-33)41-22-21-34(40-37(41)44)39-35(43)23-26-9-5-3-6-10-26/h3-22,32-33,36,42H,23-25H2,1-2H3,(H,39,40,43,44)/t32-,33+,36+/m0/s1. The van der Waals surface area contributed by atoms with Crippen LogP contribution in [0.5, 0.6) is 11.5 Å². The number of hydrogen-bond donors (Lipinski definition) is 2. The van der Waals surface area contributed by atoms with Crippen LogP contribution in [-0.2, 0) is 26.3 Å². The van der Waals surface area contributed by atoms with E-state index in [1.807, 2.05) is 109 Å². The van der Waals surface area contributed by atoms with Crippen molar-refractivity contribution >= 4 is 11.7 Å². The summed E-state index contributed by atoms with van der Waals surface area (Å²) in [6.07, 6.45) is -0.645. The Kier molecular flexibility index (Phi) is 9.96. The van der Waals surface area contributed by atoms with Gasteiger partial charge in [-0.1, -0.05) is 84.9 Å². The number of anilines is 1. The first-order valence-corrected chi connectivity index (χ1v) is 15.6. The third-order valence-electron chi connectivity index (χ3n) is 8.46. The van der Waals surface area contributed by atoms with Crippen LogP contribution in [0, 0.1) is 0 Å². The third kappa shape index (κ3) is 7.01. The number of rotatable bonds is 12. The summed E-state index contributed by atoms with van der Waals surface area (Å²) in [5.41, 5.74) is 1.69. The fourth-order valence-electron chi connectivity index (χ4n) is 5.99. The van der Waals surface area contributed by atoms with E-state index in [1.54, 1.807) is 14.2 Å². The molecule has 3 atom stereocenters. The van der Waals surface area contributed by atoms with Crippen LogP contribution < -0.4 is 20.5 Å². The second-order valence-corrected chi connectivity index (χ2v) is 11.5. The van der Waals surface area contributed by atoms with E-state index in [-0.39, 0.29) is 31.2 Å². The van der Waals surface area contributed by atoms with E-state index < -0.39 is 29.7 Å². The zero-order valence-corrected chi connectivity index (χ0v) is 26.7. The van der Waals surface area contributed by atoms with E-state index >= 15 is 0 Å². The Hall–Kier alpha value is -5.29. The highest BCUT2D eigenvalue weighted by molar-refractivity contribution is 5.91. The van der Waals surface area contributed by atoms with Crippen molar-refractivity contribution in [2.24, 2.45) is 0 Å². The Balaban J connectivity index is 1.24. The van der Waals surface area contributed by atoms with Crippen molar-refractivity contribution in [3.8, 4) is 11.5 Å². The molecule has 1 amide bonds. The van der Waals surface area contributed by atoms with Crippen LogP contribution in [-0.4, -0.2) is 53.6 Å². The predicted molar refractivity (Wildman–Crippen MR) is 180 cm³/mol. The average molecular weight is 648 g/mol. The Bertz CT molecular complexity index is 1820. The summed E-state index contributed by atoms with van der Waals surface area (Å²) >= 11 is 0. The molecule has 6 rings (SSSR count). The highest BCUT2D eigenvalue weighted by Crippen LogP contribution is 2.42. The number of nitrogens with one attached hydrogen (secondary N) is 1. The van der Waals surface area contributed by atoms with Crippen LogP contribution >= 0.6 is 0 Å². The van der Waals surface area contributed by atoms with Gasteiger partial charge in [0.2, 0.25) is 5.91 Å². The number of amides is 1. The van der Waals surface area contributed by atoms with Crippen molar-refractivity contribution in [3.63, 3.8) is 0 Å². The number of aliphatic hydroxyl groups excluding tert-OH is 1. The maximum absolute atomic E-state index is 13.0. The van der Waals surface area contributed by atoms with Crippen molar-refractivity contribution < 1.29 is 28.8 Å². The number of benzene rings is 4. The molecular formula is C38H37N3O7. The minimum Gasteiger partial charge on any atom is -0.497 e. The van der Waals surface area contributed by atoms with Crippen LogP contribution in [0.3, 0.4) is 0 Å². The van der Waals surface area contributed by atoms with Crippen LogP contribution in [0.15, 0.2) is 126 Å². The molecule has 2 N–H and O–H groups in total. The van der Waals surface area contributed by atoms with E-state index in [2.05, 4.69) is 10.3 Å². The van der Waals surface area contributed by atoms with E-state index in [1.165, 1.54) is 16.8 Å². The first-order chi connectivity index (χ1) is 23.4. The number of aromatic nitrogens is 2. The van der Waals surface area contributed by atoms with Gasteiger partial charge in [0, 0.05) is 12.6 Å². The number of hydrogen-bond acceptors (Lipinski definition) is 8. The van der Waals surface area contributed by atoms with E-state index in [0.29, 0.717) is 11.5 Å². The normalized spacial score (nSPS) is 17.5. The summed E-state index contributed by atoms with van der Waals surface area (Å²) in [5, 5.41) is 13.8. The number of aliphatic hydroxyl groups is 1. The first-order valence-electron chi connectivity index (χ1n) is 15.6. The smallest absolute Gasteiger partial charge is 0.351 e. The molecule has 0 bridgehead atoms. The van der Waals surface area contributed by atoms with Gasteiger partial charge in [-0.3, -0.25) is 9.36 Å². The van der Waals surface area contributed by atoms with E-state index in [4.69, 9.17) is 18.9 Å². The molecule has 0 spiro atoms. The number of carbonyl (C=O) groups is 1. The van der Waals surface area contributed by atoms with Crippen LogP contribution in [0.2, 0.25) is 0 Å². The zero-order chi connectivity index (χ0) is 33.5. The monoisotopic (exact) mass is 647 g/mol. The minimum absolute atomic E-state index is 0.000422. The quantitative estimate of drug-likeness (QED) is 0.180. The summed E-state index contributed by atoms with van der Waals surface area (Å²) in [4.78, 5) is 29.6.